The molecule has 0 radical (unpaired) electrons. The second kappa shape index (κ2) is 6.59. The first-order chi connectivity index (χ1) is 11.6. The number of nitriles is 1. The Bertz CT molecular complexity index is 796. The number of carbonyl (C=O) groups is 1. The van der Waals surface area contributed by atoms with Crippen LogP contribution < -0.4 is 15.4 Å². The van der Waals surface area contributed by atoms with Crippen LogP contribution >= 0.6 is 0 Å². The summed E-state index contributed by atoms with van der Waals surface area (Å²) in [5, 5.41) is 8.98. The third-order valence-electron chi connectivity index (χ3n) is 4.05. The Labute approximate surface area is 140 Å². The van der Waals surface area contributed by atoms with Crippen molar-refractivity contribution in [3.63, 3.8) is 0 Å². The summed E-state index contributed by atoms with van der Waals surface area (Å²) in [5.41, 5.74) is 8.07. The van der Waals surface area contributed by atoms with Crippen LogP contribution in [0.2, 0.25) is 0 Å². The number of amides is 1. The van der Waals surface area contributed by atoms with Crippen molar-refractivity contribution >= 4 is 11.6 Å². The van der Waals surface area contributed by atoms with Crippen LogP contribution in [-0.4, -0.2) is 30.1 Å². The largest absolute Gasteiger partial charge is 0.472 e. The van der Waals surface area contributed by atoms with Gasteiger partial charge < -0.3 is 15.4 Å². The minimum Gasteiger partial charge on any atom is -0.472 e. The summed E-state index contributed by atoms with van der Waals surface area (Å²) in [6.45, 7) is 3.37. The topological polar surface area (TPSA) is 92.2 Å². The van der Waals surface area contributed by atoms with E-state index < -0.39 is 5.91 Å². The summed E-state index contributed by atoms with van der Waals surface area (Å²) in [5.74, 6) is 0.0640. The second-order valence-corrected chi connectivity index (χ2v) is 5.86. The van der Waals surface area contributed by atoms with E-state index in [1.54, 1.807) is 18.3 Å². The Morgan fingerprint density at radius 1 is 1.42 bits per heavy atom. The summed E-state index contributed by atoms with van der Waals surface area (Å²) in [6.07, 6.45) is 2.60. The highest BCUT2D eigenvalue weighted by Gasteiger charge is 2.27. The molecule has 6 nitrogen and oxygen atoms in total. The molecule has 0 bridgehead atoms. The average Bonchev–Trinajstić information content (AvgIpc) is 3.04. The number of hydrogen-bond donors (Lipinski definition) is 1. The molecule has 1 atom stereocenters. The molecule has 0 aliphatic carbocycles. The van der Waals surface area contributed by atoms with E-state index in [1.807, 2.05) is 25.1 Å². The van der Waals surface area contributed by atoms with Crippen LogP contribution in [0.15, 0.2) is 36.5 Å². The molecule has 1 aliphatic heterocycles. The predicted molar refractivity (Wildman–Crippen MR) is 89.9 cm³/mol. The fourth-order valence-electron chi connectivity index (χ4n) is 2.82. The van der Waals surface area contributed by atoms with Crippen LogP contribution in [0.1, 0.15) is 27.9 Å². The van der Waals surface area contributed by atoms with E-state index in [-0.39, 0.29) is 6.10 Å². The minimum atomic E-state index is -0.535. The zero-order valence-electron chi connectivity index (χ0n) is 13.4. The smallest absolute Gasteiger partial charge is 0.250 e. The zero-order valence-corrected chi connectivity index (χ0v) is 13.4. The Balaban J connectivity index is 1.75. The maximum atomic E-state index is 11.7. The molecule has 0 spiro atoms. The van der Waals surface area contributed by atoms with Crippen molar-refractivity contribution in [2.75, 3.05) is 18.0 Å². The number of nitrogens with two attached hydrogens (primary N) is 1. The highest BCUT2D eigenvalue weighted by molar-refractivity contribution is 5.99. The normalized spacial score (nSPS) is 16.7. The van der Waals surface area contributed by atoms with E-state index in [4.69, 9.17) is 15.7 Å². The number of rotatable bonds is 4. The SMILES string of the molecule is Cc1ccc(O[C@@H]2CCN(c3ccc(C#N)cc3C(N)=O)C2)nc1. The Morgan fingerprint density at radius 3 is 2.92 bits per heavy atom. The van der Waals surface area contributed by atoms with Gasteiger partial charge in [0.1, 0.15) is 6.10 Å². The third-order valence-corrected chi connectivity index (χ3v) is 4.05. The molecule has 1 saturated heterocycles. The number of carbonyl (C=O) groups excluding carboxylic acids is 1. The number of ether oxygens (including phenoxy) is 1. The first-order valence-corrected chi connectivity index (χ1v) is 7.75. The highest BCUT2D eigenvalue weighted by Crippen LogP contribution is 2.27. The monoisotopic (exact) mass is 322 g/mol. The van der Waals surface area contributed by atoms with E-state index in [2.05, 4.69) is 9.88 Å². The first kappa shape index (κ1) is 15.8. The summed E-state index contributed by atoms with van der Waals surface area (Å²) in [6, 6.07) is 10.8. The fourth-order valence-corrected chi connectivity index (χ4v) is 2.82. The van der Waals surface area contributed by atoms with E-state index in [9.17, 15) is 4.79 Å². The van der Waals surface area contributed by atoms with Crippen LogP contribution in [0.5, 0.6) is 5.88 Å². The molecule has 1 fully saturated rings. The van der Waals surface area contributed by atoms with Gasteiger partial charge >= 0.3 is 0 Å². The van der Waals surface area contributed by atoms with E-state index in [0.29, 0.717) is 23.6 Å². The second-order valence-electron chi connectivity index (χ2n) is 5.86. The van der Waals surface area contributed by atoms with Crippen molar-refractivity contribution < 1.29 is 9.53 Å². The molecule has 3 rings (SSSR count). The first-order valence-electron chi connectivity index (χ1n) is 7.75. The van der Waals surface area contributed by atoms with Gasteiger partial charge in [0.15, 0.2) is 0 Å². The van der Waals surface area contributed by atoms with Gasteiger partial charge in [-0.25, -0.2) is 4.98 Å². The summed E-state index contributed by atoms with van der Waals surface area (Å²) in [4.78, 5) is 18.0. The van der Waals surface area contributed by atoms with Crippen LogP contribution in [0.4, 0.5) is 5.69 Å². The van der Waals surface area contributed by atoms with Gasteiger partial charge in [-0.1, -0.05) is 6.07 Å². The molecule has 24 heavy (non-hydrogen) atoms. The molecule has 2 heterocycles. The quantitative estimate of drug-likeness (QED) is 0.929. The van der Waals surface area contributed by atoms with Gasteiger partial charge in [0.25, 0.3) is 5.91 Å². The lowest BCUT2D eigenvalue weighted by atomic mass is 10.1. The maximum absolute atomic E-state index is 11.7. The van der Waals surface area contributed by atoms with Crippen LogP contribution in [-0.2, 0) is 0 Å². The molecule has 1 aromatic carbocycles. The van der Waals surface area contributed by atoms with Gasteiger partial charge in [-0.2, -0.15) is 5.26 Å². The maximum Gasteiger partial charge on any atom is 0.250 e. The van der Waals surface area contributed by atoms with Gasteiger partial charge in [-0.05, 0) is 30.7 Å². The van der Waals surface area contributed by atoms with Gasteiger partial charge in [-0.3, -0.25) is 4.79 Å². The molecule has 1 aliphatic rings. The number of benzene rings is 1. The van der Waals surface area contributed by atoms with Crippen molar-refractivity contribution in [3.05, 3.63) is 53.2 Å². The predicted octanol–water partition coefficient (Wildman–Crippen LogP) is 2.02. The molecule has 122 valence electrons. The lowest BCUT2D eigenvalue weighted by Gasteiger charge is -2.21. The average molecular weight is 322 g/mol. The van der Waals surface area contributed by atoms with E-state index >= 15 is 0 Å². The van der Waals surface area contributed by atoms with Crippen molar-refractivity contribution in [3.8, 4) is 11.9 Å². The molecule has 6 heteroatoms. The Morgan fingerprint density at radius 2 is 2.25 bits per heavy atom. The molecule has 2 aromatic rings. The Hall–Kier alpha value is -3.07. The molecular formula is C18H18N4O2. The standard InChI is InChI=1S/C18H18N4O2/c1-12-2-5-17(21-10-12)24-14-6-7-22(11-14)16-4-3-13(9-19)8-15(16)18(20)23/h2-5,8,10,14H,6-7,11H2,1H3,(H2,20,23)/t14-/m1/s1. The third kappa shape index (κ3) is 3.30. The number of anilines is 1. The lowest BCUT2D eigenvalue weighted by Crippen LogP contribution is -2.27. The molecule has 2 N–H and O–H groups in total. The van der Waals surface area contributed by atoms with Gasteiger partial charge in [0.2, 0.25) is 5.88 Å². The van der Waals surface area contributed by atoms with Crippen LogP contribution in [0.3, 0.4) is 0 Å². The molecule has 0 unspecified atom stereocenters. The number of primary amides is 1. The number of aromatic nitrogens is 1. The minimum absolute atomic E-state index is 0.00317. The van der Waals surface area contributed by atoms with E-state index in [0.717, 1.165) is 24.2 Å². The summed E-state index contributed by atoms with van der Waals surface area (Å²) < 4.78 is 5.91. The number of aryl methyl sites for hydroxylation is 1. The van der Waals surface area contributed by atoms with Crippen molar-refractivity contribution in [2.45, 2.75) is 19.4 Å². The van der Waals surface area contributed by atoms with E-state index in [1.165, 1.54) is 6.07 Å². The lowest BCUT2D eigenvalue weighted by molar-refractivity contribution is 0.100. The van der Waals surface area contributed by atoms with Gasteiger partial charge in [-0.15, -0.1) is 0 Å². The number of hydrogen-bond acceptors (Lipinski definition) is 5. The summed E-state index contributed by atoms with van der Waals surface area (Å²) >= 11 is 0. The number of pyridine rings is 1. The van der Waals surface area contributed by atoms with Gasteiger partial charge in [0, 0.05) is 30.9 Å². The van der Waals surface area contributed by atoms with Crippen LogP contribution in [0.25, 0.3) is 0 Å². The fraction of sp³-hybridized carbons (Fsp3) is 0.278. The van der Waals surface area contributed by atoms with Crippen LogP contribution in [0, 0.1) is 18.3 Å². The Kier molecular flexibility index (Phi) is 4.34. The molecule has 0 saturated carbocycles. The number of nitrogens with zero attached hydrogens (tertiary/aromatic N) is 3. The molecule has 1 aromatic heterocycles. The molecular weight excluding hydrogens is 304 g/mol. The van der Waals surface area contributed by atoms with Crippen molar-refractivity contribution in [2.24, 2.45) is 5.73 Å². The zero-order chi connectivity index (χ0) is 17.1. The molecule has 1 amide bonds. The highest BCUT2D eigenvalue weighted by atomic mass is 16.5. The summed E-state index contributed by atoms with van der Waals surface area (Å²) in [7, 11) is 0. The van der Waals surface area contributed by atoms with Crippen molar-refractivity contribution in [1.82, 2.24) is 4.98 Å². The van der Waals surface area contributed by atoms with Gasteiger partial charge in [0.05, 0.1) is 23.7 Å². The van der Waals surface area contributed by atoms with Crippen molar-refractivity contribution in [1.29, 1.82) is 5.26 Å².